The normalized spacial score (nSPS) is 12.7. The quantitative estimate of drug-likeness (QED) is 0.790. The Balaban J connectivity index is 3.25. The van der Waals surface area contributed by atoms with Crippen LogP contribution in [0.3, 0.4) is 0 Å². The molecule has 0 aromatic heterocycles. The number of hydrogen-bond donors (Lipinski definition) is 0. The number of hydrogen-bond acceptors (Lipinski definition) is 2. The average molecular weight is 226 g/mol. The van der Waals surface area contributed by atoms with Gasteiger partial charge in [-0.05, 0) is 31.9 Å². The molecular formula is C12H18O2S. The fourth-order valence-corrected chi connectivity index (χ4v) is 3.36. The fraction of sp³-hybridized carbons (Fsp3) is 0.500. The molecule has 0 spiro atoms. The van der Waals surface area contributed by atoms with Crippen LogP contribution in [0.1, 0.15) is 33.6 Å². The third kappa shape index (κ3) is 2.07. The lowest BCUT2D eigenvalue weighted by molar-refractivity contribution is 0.507. The molecule has 15 heavy (non-hydrogen) atoms. The van der Waals surface area contributed by atoms with E-state index < -0.39 is 14.6 Å². The standard InChI is InChI=1S/C12H18O2S/c1-4-12(3,5-2)15(13,14)11-9-7-6-8-10-11/h6-10H,4-5H2,1-3H3. The summed E-state index contributed by atoms with van der Waals surface area (Å²) in [7, 11) is -3.20. The highest BCUT2D eigenvalue weighted by Gasteiger charge is 2.36. The van der Waals surface area contributed by atoms with Gasteiger partial charge in [-0.15, -0.1) is 0 Å². The van der Waals surface area contributed by atoms with Crippen LogP contribution in [0.25, 0.3) is 0 Å². The van der Waals surface area contributed by atoms with Crippen molar-refractivity contribution in [3.8, 4) is 0 Å². The highest BCUT2D eigenvalue weighted by molar-refractivity contribution is 7.92. The first-order valence-electron chi connectivity index (χ1n) is 5.27. The molecule has 0 aliphatic heterocycles. The summed E-state index contributed by atoms with van der Waals surface area (Å²) in [6.07, 6.45) is 1.28. The molecule has 0 saturated heterocycles. The zero-order chi connectivity index (χ0) is 11.5. The van der Waals surface area contributed by atoms with Crippen LogP contribution >= 0.6 is 0 Å². The molecule has 2 nitrogen and oxygen atoms in total. The van der Waals surface area contributed by atoms with Gasteiger partial charge in [0.05, 0.1) is 9.64 Å². The van der Waals surface area contributed by atoms with Crippen LogP contribution in [0.15, 0.2) is 35.2 Å². The molecule has 0 aliphatic carbocycles. The van der Waals surface area contributed by atoms with Gasteiger partial charge in [0.25, 0.3) is 0 Å². The van der Waals surface area contributed by atoms with Gasteiger partial charge in [0, 0.05) is 0 Å². The predicted molar refractivity (Wildman–Crippen MR) is 62.6 cm³/mol. The molecule has 0 unspecified atom stereocenters. The Morgan fingerprint density at radius 1 is 1.07 bits per heavy atom. The van der Waals surface area contributed by atoms with Crippen molar-refractivity contribution < 1.29 is 8.42 Å². The fourth-order valence-electron chi connectivity index (χ4n) is 1.51. The van der Waals surface area contributed by atoms with Gasteiger partial charge in [-0.2, -0.15) is 0 Å². The predicted octanol–water partition coefficient (Wildman–Crippen LogP) is 3.04. The van der Waals surface area contributed by atoms with Gasteiger partial charge in [0.1, 0.15) is 0 Å². The summed E-state index contributed by atoms with van der Waals surface area (Å²) in [6, 6.07) is 8.68. The highest BCUT2D eigenvalue weighted by Crippen LogP contribution is 2.31. The summed E-state index contributed by atoms with van der Waals surface area (Å²) in [6.45, 7) is 5.66. The van der Waals surface area contributed by atoms with Gasteiger partial charge in [-0.3, -0.25) is 0 Å². The molecule has 3 heteroatoms. The molecule has 0 bridgehead atoms. The first-order chi connectivity index (χ1) is 6.98. The van der Waals surface area contributed by atoms with E-state index in [0.29, 0.717) is 17.7 Å². The summed E-state index contributed by atoms with van der Waals surface area (Å²) in [5.41, 5.74) is 0. The Bertz CT molecular complexity index is 403. The Hall–Kier alpha value is -0.830. The van der Waals surface area contributed by atoms with E-state index in [1.165, 1.54) is 0 Å². The molecule has 0 atom stereocenters. The lowest BCUT2D eigenvalue weighted by Gasteiger charge is -2.26. The lowest BCUT2D eigenvalue weighted by atomic mass is 10.1. The van der Waals surface area contributed by atoms with Gasteiger partial charge in [0.15, 0.2) is 9.84 Å². The van der Waals surface area contributed by atoms with E-state index in [1.807, 2.05) is 26.8 Å². The average Bonchev–Trinajstić information content (AvgIpc) is 2.29. The van der Waals surface area contributed by atoms with E-state index in [4.69, 9.17) is 0 Å². The van der Waals surface area contributed by atoms with Crippen LogP contribution in [0.2, 0.25) is 0 Å². The molecule has 0 fully saturated rings. The summed E-state index contributed by atoms with van der Waals surface area (Å²) in [5, 5.41) is 0. The van der Waals surface area contributed by atoms with Crippen LogP contribution in [0, 0.1) is 0 Å². The van der Waals surface area contributed by atoms with Crippen LogP contribution < -0.4 is 0 Å². The molecule has 1 rings (SSSR count). The van der Waals surface area contributed by atoms with E-state index in [2.05, 4.69) is 0 Å². The van der Waals surface area contributed by atoms with E-state index in [0.717, 1.165) is 0 Å². The molecular weight excluding hydrogens is 208 g/mol. The third-order valence-corrected chi connectivity index (χ3v) is 5.97. The summed E-state index contributed by atoms with van der Waals surface area (Å²) >= 11 is 0. The zero-order valence-corrected chi connectivity index (χ0v) is 10.3. The summed E-state index contributed by atoms with van der Waals surface area (Å²) in [5.74, 6) is 0. The molecule has 0 radical (unpaired) electrons. The van der Waals surface area contributed by atoms with Crippen molar-refractivity contribution in [2.75, 3.05) is 0 Å². The van der Waals surface area contributed by atoms with E-state index in [1.54, 1.807) is 24.3 Å². The van der Waals surface area contributed by atoms with Gasteiger partial charge in [0.2, 0.25) is 0 Å². The minimum atomic E-state index is -3.20. The molecule has 0 amide bonds. The molecule has 1 aromatic rings. The topological polar surface area (TPSA) is 34.1 Å². The van der Waals surface area contributed by atoms with Crippen molar-refractivity contribution in [3.05, 3.63) is 30.3 Å². The Kier molecular flexibility index (Phi) is 3.55. The van der Waals surface area contributed by atoms with Crippen molar-refractivity contribution in [1.29, 1.82) is 0 Å². The number of benzene rings is 1. The number of sulfone groups is 1. The Morgan fingerprint density at radius 3 is 1.93 bits per heavy atom. The maximum absolute atomic E-state index is 12.3. The van der Waals surface area contributed by atoms with Gasteiger partial charge in [-0.1, -0.05) is 32.0 Å². The maximum atomic E-state index is 12.3. The van der Waals surface area contributed by atoms with Gasteiger partial charge >= 0.3 is 0 Å². The van der Waals surface area contributed by atoms with E-state index in [9.17, 15) is 8.42 Å². The molecule has 1 aromatic carbocycles. The van der Waals surface area contributed by atoms with Crippen molar-refractivity contribution in [2.24, 2.45) is 0 Å². The van der Waals surface area contributed by atoms with Crippen LogP contribution in [-0.2, 0) is 9.84 Å². The first-order valence-corrected chi connectivity index (χ1v) is 6.76. The largest absolute Gasteiger partial charge is 0.223 e. The second-order valence-corrected chi connectivity index (χ2v) is 6.44. The minimum Gasteiger partial charge on any atom is -0.223 e. The smallest absolute Gasteiger partial charge is 0.183 e. The van der Waals surface area contributed by atoms with Crippen LogP contribution in [0.4, 0.5) is 0 Å². The third-order valence-electron chi connectivity index (χ3n) is 3.20. The van der Waals surface area contributed by atoms with Crippen molar-refractivity contribution in [1.82, 2.24) is 0 Å². The van der Waals surface area contributed by atoms with Crippen molar-refractivity contribution in [3.63, 3.8) is 0 Å². The zero-order valence-electron chi connectivity index (χ0n) is 9.53. The Morgan fingerprint density at radius 2 is 1.53 bits per heavy atom. The SMILES string of the molecule is CCC(C)(CC)S(=O)(=O)c1ccccc1. The second-order valence-electron chi connectivity index (χ2n) is 3.97. The van der Waals surface area contributed by atoms with Gasteiger partial charge < -0.3 is 0 Å². The Labute approximate surface area is 92.2 Å². The van der Waals surface area contributed by atoms with E-state index in [-0.39, 0.29) is 0 Å². The van der Waals surface area contributed by atoms with Crippen LogP contribution in [0.5, 0.6) is 0 Å². The second kappa shape index (κ2) is 4.35. The lowest BCUT2D eigenvalue weighted by Crippen LogP contribution is -2.33. The van der Waals surface area contributed by atoms with Crippen molar-refractivity contribution >= 4 is 9.84 Å². The summed E-state index contributed by atoms with van der Waals surface area (Å²) < 4.78 is 24.0. The number of rotatable bonds is 4. The van der Waals surface area contributed by atoms with Crippen molar-refractivity contribution in [2.45, 2.75) is 43.3 Å². The molecule has 84 valence electrons. The molecule has 0 saturated carbocycles. The van der Waals surface area contributed by atoms with E-state index >= 15 is 0 Å². The maximum Gasteiger partial charge on any atom is 0.183 e. The highest BCUT2D eigenvalue weighted by atomic mass is 32.2. The minimum absolute atomic E-state index is 0.427. The molecule has 0 aliphatic rings. The monoisotopic (exact) mass is 226 g/mol. The molecule has 0 heterocycles. The van der Waals surface area contributed by atoms with Crippen LogP contribution in [-0.4, -0.2) is 13.2 Å². The summed E-state index contributed by atoms with van der Waals surface area (Å²) in [4.78, 5) is 0.427. The first kappa shape index (κ1) is 12.2. The molecule has 0 N–H and O–H groups in total. The van der Waals surface area contributed by atoms with Gasteiger partial charge in [-0.25, -0.2) is 8.42 Å².